The zero-order chi connectivity index (χ0) is 16.9. The van der Waals surface area contributed by atoms with Crippen LogP contribution in [0.1, 0.15) is 31.2 Å². The molecule has 0 aromatic heterocycles. The molecule has 0 saturated carbocycles. The highest BCUT2D eigenvalue weighted by Gasteiger charge is 2.28. The SMILES string of the molecule is Cc1cccc(NC(=S)N(CC2CCCO2)C2CCN(C)CC2)c1. The lowest BCUT2D eigenvalue weighted by Gasteiger charge is -2.39. The summed E-state index contributed by atoms with van der Waals surface area (Å²) in [5, 5.41) is 4.29. The molecule has 2 aliphatic rings. The van der Waals surface area contributed by atoms with Gasteiger partial charge in [-0.2, -0.15) is 0 Å². The minimum Gasteiger partial charge on any atom is -0.376 e. The highest BCUT2D eigenvalue weighted by molar-refractivity contribution is 7.80. The van der Waals surface area contributed by atoms with Crippen LogP contribution in [0.2, 0.25) is 0 Å². The molecule has 5 heteroatoms. The average Bonchev–Trinajstić information content (AvgIpc) is 3.07. The summed E-state index contributed by atoms with van der Waals surface area (Å²) in [6.45, 7) is 6.19. The van der Waals surface area contributed by atoms with Crippen molar-refractivity contribution in [1.29, 1.82) is 0 Å². The van der Waals surface area contributed by atoms with E-state index in [2.05, 4.69) is 53.4 Å². The van der Waals surface area contributed by atoms with Crippen LogP contribution in [0.25, 0.3) is 0 Å². The summed E-state index contributed by atoms with van der Waals surface area (Å²) in [6.07, 6.45) is 4.97. The number of aryl methyl sites for hydroxylation is 1. The lowest BCUT2D eigenvalue weighted by Crippen LogP contribution is -2.50. The van der Waals surface area contributed by atoms with E-state index >= 15 is 0 Å². The maximum absolute atomic E-state index is 5.88. The summed E-state index contributed by atoms with van der Waals surface area (Å²) >= 11 is 5.79. The first-order chi connectivity index (χ1) is 11.6. The second-order valence-electron chi connectivity index (χ2n) is 7.12. The molecular formula is C19H29N3OS. The third-order valence-electron chi connectivity index (χ3n) is 5.08. The second kappa shape index (κ2) is 8.28. The number of nitrogens with zero attached hydrogens (tertiary/aromatic N) is 2. The third-order valence-corrected chi connectivity index (χ3v) is 5.42. The van der Waals surface area contributed by atoms with Crippen LogP contribution in [-0.2, 0) is 4.74 Å². The number of nitrogens with one attached hydrogen (secondary N) is 1. The second-order valence-corrected chi connectivity index (χ2v) is 7.51. The van der Waals surface area contributed by atoms with Crippen LogP contribution in [0, 0.1) is 6.92 Å². The Morgan fingerprint density at radius 2 is 2.12 bits per heavy atom. The van der Waals surface area contributed by atoms with Gasteiger partial charge in [-0.3, -0.25) is 0 Å². The van der Waals surface area contributed by atoms with Crippen molar-refractivity contribution in [2.45, 2.75) is 44.8 Å². The quantitative estimate of drug-likeness (QED) is 0.844. The lowest BCUT2D eigenvalue weighted by atomic mass is 10.0. The van der Waals surface area contributed by atoms with Crippen molar-refractivity contribution in [3.63, 3.8) is 0 Å². The minimum atomic E-state index is 0.321. The van der Waals surface area contributed by atoms with Crippen molar-refractivity contribution in [1.82, 2.24) is 9.80 Å². The average molecular weight is 348 g/mol. The molecule has 0 spiro atoms. The number of piperidine rings is 1. The molecule has 1 atom stereocenters. The van der Waals surface area contributed by atoms with Crippen LogP contribution in [-0.4, -0.2) is 60.3 Å². The highest BCUT2D eigenvalue weighted by Crippen LogP contribution is 2.21. The van der Waals surface area contributed by atoms with E-state index in [9.17, 15) is 0 Å². The van der Waals surface area contributed by atoms with Gasteiger partial charge in [0.2, 0.25) is 0 Å². The van der Waals surface area contributed by atoms with Gasteiger partial charge in [0.15, 0.2) is 5.11 Å². The van der Waals surface area contributed by atoms with E-state index in [-0.39, 0.29) is 0 Å². The smallest absolute Gasteiger partial charge is 0.173 e. The number of rotatable bonds is 4. The van der Waals surface area contributed by atoms with Crippen molar-refractivity contribution in [2.24, 2.45) is 0 Å². The van der Waals surface area contributed by atoms with E-state index in [1.165, 1.54) is 24.8 Å². The Kier molecular flexibility index (Phi) is 6.09. The van der Waals surface area contributed by atoms with Gasteiger partial charge in [0.1, 0.15) is 0 Å². The molecule has 2 heterocycles. The fourth-order valence-corrected chi connectivity index (χ4v) is 3.97. The van der Waals surface area contributed by atoms with Crippen LogP contribution in [0.5, 0.6) is 0 Å². The topological polar surface area (TPSA) is 27.7 Å². The Labute approximate surface area is 151 Å². The molecule has 2 saturated heterocycles. The van der Waals surface area contributed by atoms with Crippen molar-refractivity contribution in [3.05, 3.63) is 29.8 Å². The molecule has 2 fully saturated rings. The molecule has 0 radical (unpaired) electrons. The van der Waals surface area contributed by atoms with Gasteiger partial charge in [0.25, 0.3) is 0 Å². The maximum Gasteiger partial charge on any atom is 0.173 e. The van der Waals surface area contributed by atoms with Crippen LogP contribution >= 0.6 is 12.2 Å². The molecule has 132 valence electrons. The van der Waals surface area contributed by atoms with E-state index in [1.807, 2.05) is 0 Å². The Morgan fingerprint density at radius 3 is 2.79 bits per heavy atom. The van der Waals surface area contributed by atoms with Gasteiger partial charge in [-0.1, -0.05) is 12.1 Å². The maximum atomic E-state index is 5.88. The van der Waals surface area contributed by atoms with Crippen molar-refractivity contribution in [3.8, 4) is 0 Å². The number of likely N-dealkylation sites (tertiary alicyclic amines) is 1. The molecule has 1 N–H and O–H groups in total. The standard InChI is InChI=1S/C19H29N3OS/c1-15-5-3-6-16(13-15)20-19(24)22(14-18-7-4-12-23-18)17-8-10-21(2)11-9-17/h3,5-6,13,17-18H,4,7-12,14H2,1-2H3,(H,20,24). The third kappa shape index (κ3) is 4.68. The predicted octanol–water partition coefficient (Wildman–Crippen LogP) is 3.27. The van der Waals surface area contributed by atoms with Gasteiger partial charge < -0.3 is 19.9 Å². The molecule has 1 unspecified atom stereocenters. The van der Waals surface area contributed by atoms with Gasteiger partial charge in [-0.25, -0.2) is 0 Å². The monoisotopic (exact) mass is 347 g/mol. The van der Waals surface area contributed by atoms with E-state index in [0.29, 0.717) is 12.1 Å². The molecule has 3 rings (SSSR count). The Bertz CT molecular complexity index is 551. The summed E-state index contributed by atoms with van der Waals surface area (Å²) in [5.74, 6) is 0. The van der Waals surface area contributed by atoms with Gasteiger partial charge in [-0.05, 0) is 82.7 Å². The molecule has 0 aliphatic carbocycles. The highest BCUT2D eigenvalue weighted by atomic mass is 32.1. The number of benzene rings is 1. The zero-order valence-electron chi connectivity index (χ0n) is 14.8. The van der Waals surface area contributed by atoms with Crippen LogP contribution in [0.15, 0.2) is 24.3 Å². The fraction of sp³-hybridized carbons (Fsp3) is 0.632. The first kappa shape index (κ1) is 17.6. The van der Waals surface area contributed by atoms with Crippen molar-refractivity contribution in [2.75, 3.05) is 38.6 Å². The summed E-state index contributed by atoms with van der Waals surface area (Å²) in [7, 11) is 2.20. The van der Waals surface area contributed by atoms with E-state index in [4.69, 9.17) is 17.0 Å². The van der Waals surface area contributed by atoms with Gasteiger partial charge in [-0.15, -0.1) is 0 Å². The lowest BCUT2D eigenvalue weighted by molar-refractivity contribution is 0.0724. The molecule has 0 amide bonds. The molecule has 1 aromatic carbocycles. The van der Waals surface area contributed by atoms with E-state index < -0.39 is 0 Å². The zero-order valence-corrected chi connectivity index (χ0v) is 15.6. The van der Waals surface area contributed by atoms with E-state index in [0.717, 1.165) is 43.5 Å². The number of hydrogen-bond donors (Lipinski definition) is 1. The van der Waals surface area contributed by atoms with Crippen molar-refractivity contribution >= 4 is 23.0 Å². The molecule has 4 nitrogen and oxygen atoms in total. The Hall–Kier alpha value is -1.17. The Morgan fingerprint density at radius 1 is 1.33 bits per heavy atom. The number of anilines is 1. The van der Waals surface area contributed by atoms with Crippen LogP contribution in [0.4, 0.5) is 5.69 Å². The van der Waals surface area contributed by atoms with Crippen LogP contribution in [0.3, 0.4) is 0 Å². The molecule has 2 aliphatic heterocycles. The molecule has 24 heavy (non-hydrogen) atoms. The first-order valence-corrected chi connectivity index (χ1v) is 9.47. The number of thiocarbonyl (C=S) groups is 1. The summed E-state index contributed by atoms with van der Waals surface area (Å²) in [6, 6.07) is 8.91. The van der Waals surface area contributed by atoms with Gasteiger partial charge in [0.05, 0.1) is 6.10 Å². The Balaban J connectivity index is 1.68. The summed E-state index contributed by atoms with van der Waals surface area (Å²) in [4.78, 5) is 4.79. The van der Waals surface area contributed by atoms with Crippen molar-refractivity contribution < 1.29 is 4.74 Å². The summed E-state index contributed by atoms with van der Waals surface area (Å²) < 4.78 is 5.88. The normalized spacial score (nSPS) is 22.5. The largest absolute Gasteiger partial charge is 0.376 e. The fourth-order valence-electron chi connectivity index (χ4n) is 3.63. The van der Waals surface area contributed by atoms with E-state index in [1.54, 1.807) is 0 Å². The number of hydrogen-bond acceptors (Lipinski definition) is 3. The number of ether oxygens (including phenoxy) is 1. The first-order valence-electron chi connectivity index (χ1n) is 9.06. The van der Waals surface area contributed by atoms with Crippen LogP contribution < -0.4 is 5.32 Å². The molecule has 1 aromatic rings. The van der Waals surface area contributed by atoms with Gasteiger partial charge >= 0.3 is 0 Å². The minimum absolute atomic E-state index is 0.321. The molecular weight excluding hydrogens is 318 g/mol. The van der Waals surface area contributed by atoms with Gasteiger partial charge in [0, 0.05) is 24.9 Å². The molecule has 0 bridgehead atoms. The summed E-state index contributed by atoms with van der Waals surface area (Å²) in [5.41, 5.74) is 2.32. The predicted molar refractivity (Wildman–Crippen MR) is 104 cm³/mol.